The van der Waals surface area contributed by atoms with Gasteiger partial charge < -0.3 is 5.32 Å². The first kappa shape index (κ1) is 15.0. The van der Waals surface area contributed by atoms with Gasteiger partial charge >= 0.3 is 0 Å². The van der Waals surface area contributed by atoms with Gasteiger partial charge in [0, 0.05) is 36.7 Å². The lowest BCUT2D eigenvalue weighted by atomic mass is 10.1. The highest BCUT2D eigenvalue weighted by molar-refractivity contribution is 7.88. The molecule has 102 valence electrons. The summed E-state index contributed by atoms with van der Waals surface area (Å²) >= 11 is 0. The van der Waals surface area contributed by atoms with Crippen LogP contribution in [0.25, 0.3) is 0 Å². The first-order chi connectivity index (χ1) is 8.20. The molecular formula is C11H20N4O2S. The molecule has 0 amide bonds. The minimum Gasteiger partial charge on any atom is -0.307 e. The number of rotatable bonds is 6. The molecule has 1 atom stereocenters. The number of hydrogen-bond acceptors (Lipinski definition) is 5. The summed E-state index contributed by atoms with van der Waals surface area (Å²) in [6, 6.07) is 0.0133. The van der Waals surface area contributed by atoms with Crippen LogP contribution in [0.2, 0.25) is 0 Å². The fourth-order valence-corrected chi connectivity index (χ4v) is 2.66. The molecule has 6 nitrogen and oxygen atoms in total. The maximum Gasteiger partial charge on any atom is 0.209 e. The summed E-state index contributed by atoms with van der Waals surface area (Å²) in [6.45, 7) is 6.10. The van der Waals surface area contributed by atoms with Crippen LogP contribution in [0.5, 0.6) is 0 Å². The van der Waals surface area contributed by atoms with Crippen LogP contribution in [-0.2, 0) is 10.0 Å². The summed E-state index contributed by atoms with van der Waals surface area (Å²) in [6.07, 6.45) is 6.09. The van der Waals surface area contributed by atoms with Crippen molar-refractivity contribution in [2.45, 2.75) is 32.4 Å². The molecule has 1 unspecified atom stereocenters. The van der Waals surface area contributed by atoms with E-state index in [-0.39, 0.29) is 6.04 Å². The minimum absolute atomic E-state index is 0.0133. The minimum atomic E-state index is -3.21. The van der Waals surface area contributed by atoms with E-state index in [1.165, 1.54) is 0 Å². The SMILES string of the molecule is CC(NCC(C)(C)NS(C)(=O)=O)c1cnccn1. The van der Waals surface area contributed by atoms with Crippen LogP contribution >= 0.6 is 0 Å². The summed E-state index contributed by atoms with van der Waals surface area (Å²) in [5, 5.41) is 3.23. The zero-order valence-electron chi connectivity index (χ0n) is 11.1. The highest BCUT2D eigenvalue weighted by Gasteiger charge is 2.22. The standard InChI is InChI=1S/C11H20N4O2S/c1-9(10-7-12-5-6-13-10)14-8-11(2,3)15-18(4,16)17/h5-7,9,14-15H,8H2,1-4H3. The predicted molar refractivity (Wildman–Crippen MR) is 70.5 cm³/mol. The molecule has 7 heteroatoms. The van der Waals surface area contributed by atoms with Gasteiger partial charge in [0.25, 0.3) is 0 Å². The molecule has 0 fully saturated rings. The van der Waals surface area contributed by atoms with Crippen LogP contribution in [-0.4, -0.2) is 36.7 Å². The summed E-state index contributed by atoms with van der Waals surface area (Å²) < 4.78 is 25.0. The smallest absolute Gasteiger partial charge is 0.209 e. The average Bonchev–Trinajstić information content (AvgIpc) is 2.24. The first-order valence-corrected chi connectivity index (χ1v) is 7.57. The molecule has 2 N–H and O–H groups in total. The number of sulfonamides is 1. The van der Waals surface area contributed by atoms with Crippen LogP contribution in [0.4, 0.5) is 0 Å². The van der Waals surface area contributed by atoms with Crippen molar-refractivity contribution in [3.05, 3.63) is 24.3 Å². The molecule has 0 bridgehead atoms. The maximum atomic E-state index is 11.2. The van der Waals surface area contributed by atoms with Gasteiger partial charge in [-0.05, 0) is 20.8 Å². The monoisotopic (exact) mass is 272 g/mol. The lowest BCUT2D eigenvalue weighted by molar-refractivity contribution is 0.396. The van der Waals surface area contributed by atoms with Crippen molar-refractivity contribution in [3.8, 4) is 0 Å². The summed E-state index contributed by atoms with van der Waals surface area (Å²) in [4.78, 5) is 8.19. The fraction of sp³-hybridized carbons (Fsp3) is 0.636. The van der Waals surface area contributed by atoms with Gasteiger partial charge in [0.15, 0.2) is 0 Å². The second-order valence-corrected chi connectivity index (χ2v) is 6.74. The quantitative estimate of drug-likeness (QED) is 0.786. The lowest BCUT2D eigenvalue weighted by Gasteiger charge is -2.27. The summed E-state index contributed by atoms with van der Waals surface area (Å²) in [7, 11) is -3.21. The van der Waals surface area contributed by atoms with Crippen molar-refractivity contribution < 1.29 is 8.42 Å². The number of nitrogens with zero attached hydrogens (tertiary/aromatic N) is 2. The van der Waals surface area contributed by atoms with Crippen molar-refractivity contribution in [2.75, 3.05) is 12.8 Å². The van der Waals surface area contributed by atoms with Gasteiger partial charge in [-0.3, -0.25) is 9.97 Å². The second kappa shape index (κ2) is 5.73. The van der Waals surface area contributed by atoms with Gasteiger partial charge in [-0.25, -0.2) is 13.1 Å². The Morgan fingerprint density at radius 1 is 1.39 bits per heavy atom. The molecule has 0 aliphatic rings. The molecule has 0 spiro atoms. The van der Waals surface area contributed by atoms with Crippen LogP contribution < -0.4 is 10.0 Å². The molecular weight excluding hydrogens is 252 g/mol. The van der Waals surface area contributed by atoms with E-state index in [0.717, 1.165) is 11.9 Å². The molecule has 0 aliphatic carbocycles. The fourth-order valence-electron chi connectivity index (χ4n) is 1.59. The van der Waals surface area contributed by atoms with Gasteiger partial charge in [0.2, 0.25) is 10.0 Å². The van der Waals surface area contributed by atoms with E-state index in [0.29, 0.717) is 6.54 Å². The van der Waals surface area contributed by atoms with E-state index in [4.69, 9.17) is 0 Å². The first-order valence-electron chi connectivity index (χ1n) is 5.68. The third kappa shape index (κ3) is 5.52. The summed E-state index contributed by atoms with van der Waals surface area (Å²) in [5.41, 5.74) is 0.275. The topological polar surface area (TPSA) is 84.0 Å². The summed E-state index contributed by atoms with van der Waals surface area (Å²) in [5.74, 6) is 0. The van der Waals surface area contributed by atoms with E-state index >= 15 is 0 Å². The Kier molecular flexibility index (Phi) is 4.78. The number of nitrogens with one attached hydrogen (secondary N) is 2. The molecule has 0 saturated carbocycles. The Labute approximate surface area is 108 Å². The highest BCUT2D eigenvalue weighted by Crippen LogP contribution is 2.09. The van der Waals surface area contributed by atoms with Gasteiger partial charge in [-0.2, -0.15) is 0 Å². The van der Waals surface area contributed by atoms with Crippen molar-refractivity contribution in [1.82, 2.24) is 20.0 Å². The Morgan fingerprint density at radius 2 is 2.06 bits per heavy atom. The third-order valence-corrected chi connectivity index (χ3v) is 3.26. The van der Waals surface area contributed by atoms with E-state index in [1.54, 1.807) is 18.6 Å². The van der Waals surface area contributed by atoms with E-state index in [1.807, 2.05) is 20.8 Å². The molecule has 1 heterocycles. The number of hydrogen-bond donors (Lipinski definition) is 2. The van der Waals surface area contributed by atoms with Gasteiger partial charge in [0.1, 0.15) is 0 Å². The predicted octanol–water partition coefficient (Wildman–Crippen LogP) is 0.455. The largest absolute Gasteiger partial charge is 0.307 e. The third-order valence-electron chi connectivity index (χ3n) is 2.34. The average molecular weight is 272 g/mol. The molecule has 1 rings (SSSR count). The van der Waals surface area contributed by atoms with E-state index in [2.05, 4.69) is 20.0 Å². The van der Waals surface area contributed by atoms with Crippen molar-refractivity contribution in [3.63, 3.8) is 0 Å². The number of aromatic nitrogens is 2. The molecule has 0 aromatic carbocycles. The van der Waals surface area contributed by atoms with E-state index in [9.17, 15) is 8.42 Å². The Balaban J connectivity index is 2.55. The zero-order chi connectivity index (χ0) is 13.8. The van der Waals surface area contributed by atoms with Crippen LogP contribution in [0.3, 0.4) is 0 Å². The normalized spacial score (nSPS) is 14.4. The van der Waals surface area contributed by atoms with Crippen LogP contribution in [0.15, 0.2) is 18.6 Å². The molecule has 0 radical (unpaired) electrons. The van der Waals surface area contributed by atoms with Crippen molar-refractivity contribution >= 4 is 10.0 Å². The molecule has 1 aromatic rings. The van der Waals surface area contributed by atoms with Gasteiger partial charge in [-0.1, -0.05) is 0 Å². The molecule has 18 heavy (non-hydrogen) atoms. The lowest BCUT2D eigenvalue weighted by Crippen LogP contribution is -2.50. The van der Waals surface area contributed by atoms with Gasteiger partial charge in [0.05, 0.1) is 11.9 Å². The van der Waals surface area contributed by atoms with Crippen molar-refractivity contribution in [2.24, 2.45) is 0 Å². The molecule has 0 saturated heterocycles. The van der Waals surface area contributed by atoms with Crippen molar-refractivity contribution in [1.29, 1.82) is 0 Å². The molecule has 0 aliphatic heterocycles. The van der Waals surface area contributed by atoms with E-state index < -0.39 is 15.6 Å². The van der Waals surface area contributed by atoms with Gasteiger partial charge in [-0.15, -0.1) is 0 Å². The van der Waals surface area contributed by atoms with Crippen LogP contribution in [0.1, 0.15) is 32.5 Å². The Morgan fingerprint density at radius 3 is 2.56 bits per heavy atom. The zero-order valence-corrected chi connectivity index (χ0v) is 12.0. The highest BCUT2D eigenvalue weighted by atomic mass is 32.2. The Bertz CT molecular complexity index is 473. The van der Waals surface area contributed by atoms with Crippen LogP contribution in [0, 0.1) is 0 Å². The second-order valence-electron chi connectivity index (χ2n) is 4.99. The maximum absolute atomic E-state index is 11.2. The Hall–Kier alpha value is -1.05. The molecule has 1 aromatic heterocycles.